The van der Waals surface area contributed by atoms with Crippen LogP contribution < -0.4 is 4.90 Å². The van der Waals surface area contributed by atoms with Crippen molar-refractivity contribution in [3.05, 3.63) is 96.6 Å². The summed E-state index contributed by atoms with van der Waals surface area (Å²) in [5.74, 6) is 0.140. The second-order valence-electron chi connectivity index (χ2n) is 6.29. The number of para-hydroxylation sites is 2. The van der Waals surface area contributed by atoms with E-state index in [9.17, 15) is 4.79 Å². The molecule has 1 heterocycles. The monoisotopic (exact) mass is 328 g/mol. The van der Waals surface area contributed by atoms with Gasteiger partial charge < -0.3 is 9.80 Å². The molecular weight excluding hydrogens is 308 g/mol. The summed E-state index contributed by atoms with van der Waals surface area (Å²) in [6.07, 6.45) is 0. The van der Waals surface area contributed by atoms with Gasteiger partial charge in [-0.05, 0) is 29.8 Å². The maximum Gasteiger partial charge on any atom is 0.248 e. The number of benzene rings is 3. The quantitative estimate of drug-likeness (QED) is 0.663. The number of carbonyl (C=O) groups is 1. The van der Waals surface area contributed by atoms with Crippen LogP contribution in [0, 0.1) is 0 Å². The van der Waals surface area contributed by atoms with Gasteiger partial charge in [0.05, 0.1) is 6.04 Å². The molecule has 1 amide bonds. The number of nitrogens with zero attached hydrogens (tertiary/aromatic N) is 2. The molecule has 0 bridgehead atoms. The molecule has 0 saturated carbocycles. The number of amides is 1. The van der Waals surface area contributed by atoms with Crippen molar-refractivity contribution >= 4 is 17.3 Å². The van der Waals surface area contributed by atoms with Gasteiger partial charge in [0.25, 0.3) is 0 Å². The van der Waals surface area contributed by atoms with E-state index < -0.39 is 0 Å². The van der Waals surface area contributed by atoms with E-state index in [2.05, 4.69) is 41.3 Å². The second kappa shape index (κ2) is 6.44. The van der Waals surface area contributed by atoms with Gasteiger partial charge in [-0.15, -0.1) is 0 Å². The van der Waals surface area contributed by atoms with E-state index in [1.54, 1.807) is 0 Å². The molecule has 4 rings (SSSR count). The van der Waals surface area contributed by atoms with Gasteiger partial charge in [-0.2, -0.15) is 0 Å². The number of hydrogen-bond donors (Lipinski definition) is 0. The molecule has 0 unspecified atom stereocenters. The van der Waals surface area contributed by atoms with Crippen LogP contribution in [0.3, 0.4) is 0 Å². The van der Waals surface area contributed by atoms with Crippen LogP contribution >= 0.6 is 0 Å². The maximum absolute atomic E-state index is 12.8. The Hall–Kier alpha value is -3.07. The predicted octanol–water partition coefficient (Wildman–Crippen LogP) is 4.41. The largest absolute Gasteiger partial charge is 0.334 e. The Bertz CT molecular complexity index is 809. The van der Waals surface area contributed by atoms with Crippen LogP contribution in [0.4, 0.5) is 11.4 Å². The van der Waals surface area contributed by atoms with Crippen molar-refractivity contribution in [2.24, 2.45) is 0 Å². The third-order valence-electron chi connectivity index (χ3n) is 4.80. The zero-order valence-corrected chi connectivity index (χ0v) is 14.1. The van der Waals surface area contributed by atoms with Gasteiger partial charge in [-0.25, -0.2) is 0 Å². The highest BCUT2D eigenvalue weighted by Gasteiger charge is 2.49. The fourth-order valence-electron chi connectivity index (χ4n) is 3.57. The van der Waals surface area contributed by atoms with E-state index >= 15 is 0 Å². The Labute approximate surface area is 148 Å². The Morgan fingerprint density at radius 1 is 0.720 bits per heavy atom. The molecule has 1 saturated heterocycles. The van der Waals surface area contributed by atoms with Crippen molar-refractivity contribution in [1.29, 1.82) is 0 Å². The molecule has 0 spiro atoms. The molecule has 0 radical (unpaired) electrons. The first kappa shape index (κ1) is 15.5. The zero-order chi connectivity index (χ0) is 17.2. The van der Waals surface area contributed by atoms with Crippen molar-refractivity contribution in [3.63, 3.8) is 0 Å². The number of carbonyl (C=O) groups excluding carboxylic acids is 1. The summed E-state index contributed by atoms with van der Waals surface area (Å²) in [4.78, 5) is 16.8. The van der Waals surface area contributed by atoms with Gasteiger partial charge in [-0.1, -0.05) is 66.7 Å². The van der Waals surface area contributed by atoms with Gasteiger partial charge >= 0.3 is 0 Å². The Kier molecular flexibility index (Phi) is 3.98. The third-order valence-corrected chi connectivity index (χ3v) is 4.80. The lowest BCUT2D eigenvalue weighted by Crippen LogP contribution is -2.63. The summed E-state index contributed by atoms with van der Waals surface area (Å²) in [6.45, 7) is 0. The zero-order valence-electron chi connectivity index (χ0n) is 14.1. The Morgan fingerprint density at radius 2 is 1.16 bits per heavy atom. The van der Waals surface area contributed by atoms with Crippen LogP contribution in [0.5, 0.6) is 0 Å². The topological polar surface area (TPSA) is 23.6 Å². The lowest BCUT2D eigenvalue weighted by molar-refractivity contribution is -0.146. The maximum atomic E-state index is 12.8. The molecular formula is C22H20N2O. The van der Waals surface area contributed by atoms with E-state index in [0.717, 1.165) is 16.9 Å². The van der Waals surface area contributed by atoms with Crippen molar-refractivity contribution in [3.8, 4) is 0 Å². The molecule has 3 nitrogen and oxygen atoms in total. The van der Waals surface area contributed by atoms with Crippen LogP contribution in [0.25, 0.3) is 0 Å². The number of rotatable bonds is 4. The molecule has 3 heteroatoms. The molecule has 0 aromatic heterocycles. The fraction of sp³-hybridized carbons (Fsp3) is 0.136. The van der Waals surface area contributed by atoms with Gasteiger partial charge in [0.15, 0.2) is 0 Å². The fourth-order valence-corrected chi connectivity index (χ4v) is 3.57. The van der Waals surface area contributed by atoms with Crippen LogP contribution in [0.2, 0.25) is 0 Å². The third kappa shape index (κ3) is 2.68. The van der Waals surface area contributed by atoms with Gasteiger partial charge in [0.1, 0.15) is 6.04 Å². The summed E-state index contributed by atoms with van der Waals surface area (Å²) < 4.78 is 0. The molecule has 3 aromatic carbocycles. The predicted molar refractivity (Wildman–Crippen MR) is 101 cm³/mol. The lowest BCUT2D eigenvalue weighted by Gasteiger charge is -2.50. The summed E-state index contributed by atoms with van der Waals surface area (Å²) >= 11 is 0. The second-order valence-corrected chi connectivity index (χ2v) is 6.29. The van der Waals surface area contributed by atoms with Crippen LogP contribution in [-0.4, -0.2) is 23.9 Å². The summed E-state index contributed by atoms with van der Waals surface area (Å²) in [5.41, 5.74) is 3.22. The van der Waals surface area contributed by atoms with Crippen LogP contribution in [0.1, 0.15) is 11.6 Å². The molecule has 1 aliphatic heterocycles. The minimum atomic E-state index is -0.239. The minimum absolute atomic E-state index is 0.0362. The van der Waals surface area contributed by atoms with Crippen molar-refractivity contribution < 1.29 is 4.79 Å². The Balaban J connectivity index is 1.80. The van der Waals surface area contributed by atoms with Crippen molar-refractivity contribution in [2.45, 2.75) is 12.1 Å². The molecule has 124 valence electrons. The standard InChI is InChI=1S/C22H20N2O/c1-23-20(17-11-5-2-6-12-17)21(22(23)25)24(18-13-7-3-8-14-18)19-15-9-4-10-16-19/h2-16,20-21H,1H3/t20-,21+/m1/s1. The average Bonchev–Trinajstić information content (AvgIpc) is 2.69. The van der Waals surface area contributed by atoms with E-state index in [1.807, 2.05) is 66.5 Å². The smallest absolute Gasteiger partial charge is 0.248 e. The summed E-state index contributed by atoms with van der Waals surface area (Å²) in [6, 6.07) is 30.3. The van der Waals surface area contributed by atoms with E-state index in [4.69, 9.17) is 0 Å². The van der Waals surface area contributed by atoms with Gasteiger partial charge in [0, 0.05) is 18.4 Å². The summed E-state index contributed by atoms with van der Waals surface area (Å²) in [7, 11) is 1.88. The molecule has 3 aromatic rings. The number of likely N-dealkylation sites (N-methyl/N-ethyl adjacent to an activating group) is 1. The molecule has 0 N–H and O–H groups in total. The molecule has 25 heavy (non-hydrogen) atoms. The van der Waals surface area contributed by atoms with Crippen LogP contribution in [0.15, 0.2) is 91.0 Å². The van der Waals surface area contributed by atoms with Crippen LogP contribution in [-0.2, 0) is 4.79 Å². The molecule has 2 atom stereocenters. The highest BCUT2D eigenvalue weighted by Crippen LogP contribution is 2.42. The number of likely N-dealkylation sites (tertiary alicyclic amines) is 1. The molecule has 1 aliphatic rings. The highest BCUT2D eigenvalue weighted by atomic mass is 16.2. The first-order chi connectivity index (χ1) is 12.3. The lowest BCUT2D eigenvalue weighted by atomic mass is 9.87. The normalized spacial score (nSPS) is 19.4. The molecule has 1 fully saturated rings. The SMILES string of the molecule is CN1C(=O)[C@@H](N(c2ccccc2)c2ccccc2)[C@H]1c1ccccc1. The number of hydrogen-bond acceptors (Lipinski definition) is 2. The van der Waals surface area contributed by atoms with E-state index in [0.29, 0.717) is 0 Å². The average molecular weight is 328 g/mol. The van der Waals surface area contributed by atoms with E-state index in [-0.39, 0.29) is 18.0 Å². The van der Waals surface area contributed by atoms with Gasteiger partial charge in [0.2, 0.25) is 5.91 Å². The first-order valence-electron chi connectivity index (χ1n) is 8.48. The molecule has 0 aliphatic carbocycles. The summed E-state index contributed by atoms with van der Waals surface area (Å²) in [5, 5.41) is 0. The van der Waals surface area contributed by atoms with Crippen molar-refractivity contribution in [2.75, 3.05) is 11.9 Å². The number of anilines is 2. The van der Waals surface area contributed by atoms with Gasteiger partial charge in [-0.3, -0.25) is 4.79 Å². The first-order valence-corrected chi connectivity index (χ1v) is 8.48. The Morgan fingerprint density at radius 3 is 1.64 bits per heavy atom. The highest BCUT2D eigenvalue weighted by molar-refractivity contribution is 5.95. The minimum Gasteiger partial charge on any atom is -0.334 e. The number of β-lactam (4-membered cyclic amide) rings is 1. The van der Waals surface area contributed by atoms with E-state index in [1.165, 1.54) is 0 Å². The van der Waals surface area contributed by atoms with Crippen molar-refractivity contribution in [1.82, 2.24) is 4.90 Å².